The van der Waals surface area contributed by atoms with Crippen molar-refractivity contribution in [1.29, 1.82) is 0 Å². The van der Waals surface area contributed by atoms with E-state index < -0.39 is 15.6 Å². The maximum atomic E-state index is 12.4. The van der Waals surface area contributed by atoms with Gasteiger partial charge < -0.3 is 19.5 Å². The number of fused-ring (bicyclic) bond motifs is 1. The zero-order chi connectivity index (χ0) is 18.7. The highest BCUT2D eigenvalue weighted by molar-refractivity contribution is 7.89. The summed E-state index contributed by atoms with van der Waals surface area (Å²) < 4.78 is 38.1. The molecule has 0 saturated carbocycles. The van der Waals surface area contributed by atoms with Crippen molar-refractivity contribution < 1.29 is 27.8 Å². The second-order valence-electron chi connectivity index (χ2n) is 6.33. The summed E-state index contributed by atoms with van der Waals surface area (Å²) in [6.07, 6.45) is 0. The Labute approximate surface area is 147 Å². The predicted octanol–water partition coefficient (Wildman–Crippen LogP) is 0.498. The Morgan fingerprint density at radius 3 is 2.76 bits per heavy atom. The molecule has 1 amide bonds. The number of amides is 1. The van der Waals surface area contributed by atoms with Gasteiger partial charge in [0.1, 0.15) is 11.4 Å². The number of aliphatic hydroxyl groups excluding tert-OH is 1. The fourth-order valence-electron chi connectivity index (χ4n) is 2.54. The van der Waals surface area contributed by atoms with Crippen molar-refractivity contribution in [3.05, 3.63) is 18.2 Å². The molecule has 2 rings (SSSR count). The van der Waals surface area contributed by atoms with Crippen molar-refractivity contribution in [2.24, 2.45) is 0 Å². The van der Waals surface area contributed by atoms with Gasteiger partial charge in [-0.25, -0.2) is 13.1 Å². The van der Waals surface area contributed by atoms with E-state index in [1.807, 2.05) is 13.8 Å². The van der Waals surface area contributed by atoms with E-state index in [9.17, 15) is 13.2 Å². The Kier molecular flexibility index (Phi) is 6.04. The van der Waals surface area contributed by atoms with Gasteiger partial charge >= 0.3 is 0 Å². The molecule has 0 aromatic heterocycles. The first-order valence-corrected chi connectivity index (χ1v) is 9.44. The third-order valence-corrected chi connectivity index (χ3v) is 5.07. The van der Waals surface area contributed by atoms with E-state index in [0.29, 0.717) is 18.0 Å². The fourth-order valence-corrected chi connectivity index (χ4v) is 3.57. The molecule has 0 unspecified atom stereocenters. The molecule has 0 radical (unpaired) electrons. The lowest BCUT2D eigenvalue weighted by Crippen LogP contribution is -2.48. The number of anilines is 1. The molecule has 140 valence electrons. The highest BCUT2D eigenvalue weighted by atomic mass is 32.2. The fraction of sp³-hybridized carbons (Fsp3) is 0.562. The SMILES string of the molecule is CC(=O)N1CC(C)(C)Oc2ccc(S(=O)(=O)NCCOCCO)cc21. The van der Waals surface area contributed by atoms with Crippen LogP contribution in [-0.4, -0.2) is 57.9 Å². The smallest absolute Gasteiger partial charge is 0.240 e. The number of carbonyl (C=O) groups excluding carboxylic acids is 1. The van der Waals surface area contributed by atoms with Crippen LogP contribution < -0.4 is 14.4 Å². The first kappa shape index (κ1) is 19.6. The Balaban J connectivity index is 2.21. The molecule has 0 spiro atoms. The van der Waals surface area contributed by atoms with E-state index in [-0.39, 0.29) is 37.2 Å². The summed E-state index contributed by atoms with van der Waals surface area (Å²) in [5, 5.41) is 8.61. The summed E-state index contributed by atoms with van der Waals surface area (Å²) >= 11 is 0. The van der Waals surface area contributed by atoms with Crippen LogP contribution in [0, 0.1) is 0 Å². The van der Waals surface area contributed by atoms with E-state index in [4.69, 9.17) is 14.6 Å². The van der Waals surface area contributed by atoms with Crippen molar-refractivity contribution in [3.63, 3.8) is 0 Å². The largest absolute Gasteiger partial charge is 0.484 e. The highest BCUT2D eigenvalue weighted by Gasteiger charge is 2.34. The van der Waals surface area contributed by atoms with E-state index in [1.165, 1.54) is 24.0 Å². The van der Waals surface area contributed by atoms with E-state index in [0.717, 1.165) is 0 Å². The molecule has 0 aliphatic carbocycles. The van der Waals surface area contributed by atoms with Crippen LogP contribution in [0.15, 0.2) is 23.1 Å². The van der Waals surface area contributed by atoms with Gasteiger partial charge in [0.15, 0.2) is 0 Å². The molecule has 25 heavy (non-hydrogen) atoms. The molecule has 0 bridgehead atoms. The number of hydrogen-bond donors (Lipinski definition) is 2. The molecule has 0 saturated heterocycles. The van der Waals surface area contributed by atoms with Crippen LogP contribution >= 0.6 is 0 Å². The zero-order valence-corrected chi connectivity index (χ0v) is 15.4. The third kappa shape index (κ3) is 4.91. The molecule has 1 heterocycles. The van der Waals surface area contributed by atoms with Gasteiger partial charge in [0.05, 0.1) is 36.9 Å². The molecule has 1 aliphatic rings. The molecule has 8 nitrogen and oxygen atoms in total. The van der Waals surface area contributed by atoms with Gasteiger partial charge in [-0.1, -0.05) is 0 Å². The summed E-state index contributed by atoms with van der Waals surface area (Å²) in [4.78, 5) is 13.5. The van der Waals surface area contributed by atoms with Gasteiger partial charge in [0, 0.05) is 13.5 Å². The number of benzene rings is 1. The van der Waals surface area contributed by atoms with Crippen molar-refractivity contribution in [1.82, 2.24) is 4.72 Å². The lowest BCUT2D eigenvalue weighted by Gasteiger charge is -2.39. The summed E-state index contributed by atoms with van der Waals surface area (Å²) in [6, 6.07) is 4.43. The summed E-state index contributed by atoms with van der Waals surface area (Å²) in [5.74, 6) is 0.286. The standard InChI is InChI=1S/C16H24N2O6S/c1-12(20)18-11-16(2,3)24-15-5-4-13(10-14(15)18)25(21,22)17-6-8-23-9-7-19/h4-5,10,17,19H,6-9,11H2,1-3H3. The van der Waals surface area contributed by atoms with Gasteiger partial charge in [-0.2, -0.15) is 0 Å². The Morgan fingerprint density at radius 1 is 1.40 bits per heavy atom. The molecule has 0 fully saturated rings. The van der Waals surface area contributed by atoms with Crippen LogP contribution in [0.2, 0.25) is 0 Å². The number of aliphatic hydroxyl groups is 1. The molecule has 1 aliphatic heterocycles. The monoisotopic (exact) mass is 372 g/mol. The summed E-state index contributed by atoms with van der Waals surface area (Å²) in [6.45, 7) is 5.77. The van der Waals surface area contributed by atoms with Gasteiger partial charge in [0.25, 0.3) is 0 Å². The van der Waals surface area contributed by atoms with Crippen LogP contribution in [0.4, 0.5) is 5.69 Å². The molecule has 2 N–H and O–H groups in total. The minimum absolute atomic E-state index is 0.0444. The van der Waals surface area contributed by atoms with Gasteiger partial charge in [-0.15, -0.1) is 0 Å². The number of rotatable bonds is 7. The van der Waals surface area contributed by atoms with Crippen molar-refractivity contribution in [2.45, 2.75) is 31.3 Å². The van der Waals surface area contributed by atoms with E-state index >= 15 is 0 Å². The van der Waals surface area contributed by atoms with Crippen molar-refractivity contribution in [3.8, 4) is 5.75 Å². The summed E-state index contributed by atoms with van der Waals surface area (Å²) in [7, 11) is -3.74. The molecule has 0 atom stereocenters. The second-order valence-corrected chi connectivity index (χ2v) is 8.10. The lowest BCUT2D eigenvalue weighted by atomic mass is 10.1. The lowest BCUT2D eigenvalue weighted by molar-refractivity contribution is -0.117. The zero-order valence-electron chi connectivity index (χ0n) is 14.6. The molecular formula is C16H24N2O6S. The van der Waals surface area contributed by atoms with Crippen molar-refractivity contribution in [2.75, 3.05) is 37.8 Å². The van der Waals surface area contributed by atoms with Crippen LogP contribution in [-0.2, 0) is 19.6 Å². The predicted molar refractivity (Wildman–Crippen MR) is 92.3 cm³/mol. The number of carbonyl (C=O) groups is 1. The average molecular weight is 372 g/mol. The molecular weight excluding hydrogens is 348 g/mol. The second kappa shape index (κ2) is 7.69. The Morgan fingerprint density at radius 2 is 2.12 bits per heavy atom. The normalized spacial score (nSPS) is 16.2. The average Bonchev–Trinajstić information content (AvgIpc) is 2.52. The maximum absolute atomic E-state index is 12.4. The van der Waals surface area contributed by atoms with E-state index in [1.54, 1.807) is 6.07 Å². The maximum Gasteiger partial charge on any atom is 0.240 e. The minimum atomic E-state index is -3.74. The van der Waals surface area contributed by atoms with Gasteiger partial charge in [-0.05, 0) is 32.0 Å². The summed E-state index contributed by atoms with van der Waals surface area (Å²) in [5.41, 5.74) is -0.118. The van der Waals surface area contributed by atoms with Crippen LogP contribution in [0.25, 0.3) is 0 Å². The van der Waals surface area contributed by atoms with Gasteiger partial charge in [-0.3, -0.25) is 4.79 Å². The third-order valence-electron chi connectivity index (χ3n) is 3.61. The number of sulfonamides is 1. The molecule has 1 aromatic carbocycles. The van der Waals surface area contributed by atoms with Crippen LogP contribution in [0.1, 0.15) is 20.8 Å². The quantitative estimate of drug-likeness (QED) is 0.675. The first-order chi connectivity index (χ1) is 11.7. The highest BCUT2D eigenvalue weighted by Crippen LogP contribution is 2.38. The topological polar surface area (TPSA) is 105 Å². The van der Waals surface area contributed by atoms with Gasteiger partial charge in [0.2, 0.25) is 15.9 Å². The van der Waals surface area contributed by atoms with E-state index in [2.05, 4.69) is 4.72 Å². The number of ether oxygens (including phenoxy) is 2. The molecule has 1 aromatic rings. The minimum Gasteiger partial charge on any atom is -0.484 e. The van der Waals surface area contributed by atoms with Crippen molar-refractivity contribution >= 4 is 21.6 Å². The number of hydrogen-bond acceptors (Lipinski definition) is 6. The Bertz CT molecular complexity index is 732. The first-order valence-electron chi connectivity index (χ1n) is 7.96. The number of nitrogens with zero attached hydrogens (tertiary/aromatic N) is 1. The molecule has 9 heteroatoms. The number of nitrogens with one attached hydrogen (secondary N) is 1. The Hall–Kier alpha value is -1.68. The van der Waals surface area contributed by atoms with Crippen LogP contribution in [0.5, 0.6) is 5.75 Å². The van der Waals surface area contributed by atoms with Crippen LogP contribution in [0.3, 0.4) is 0 Å².